The molecule has 0 saturated carbocycles. The molecule has 0 spiro atoms. The van der Waals surface area contributed by atoms with Crippen LogP contribution in [0.15, 0.2) is 46.2 Å². The second-order valence-corrected chi connectivity index (χ2v) is 10.1. The molecule has 0 fully saturated rings. The topological polar surface area (TPSA) is 174 Å². The number of anilines is 1. The summed E-state index contributed by atoms with van der Waals surface area (Å²) < 4.78 is 75.2. The number of nitrogen functional groups attached to an aromatic ring is 1. The zero-order valence-electron chi connectivity index (χ0n) is 18.7. The average molecular weight is 514 g/mol. The van der Waals surface area contributed by atoms with E-state index in [1.807, 2.05) is 0 Å². The molecule has 34 heavy (non-hydrogen) atoms. The summed E-state index contributed by atoms with van der Waals surface area (Å²) in [4.78, 5) is 3.42. The van der Waals surface area contributed by atoms with Crippen molar-refractivity contribution in [2.45, 2.75) is 16.3 Å². The van der Waals surface area contributed by atoms with Crippen LogP contribution in [0, 0.1) is 0 Å². The van der Waals surface area contributed by atoms with Crippen molar-refractivity contribution in [3.63, 3.8) is 0 Å². The lowest BCUT2D eigenvalue weighted by molar-refractivity contribution is 0.392. The Kier molecular flexibility index (Phi) is 7.18. The minimum absolute atomic E-state index is 0.0306. The van der Waals surface area contributed by atoms with E-state index in [-0.39, 0.29) is 32.9 Å². The van der Waals surface area contributed by atoms with Crippen molar-refractivity contribution < 1.29 is 35.8 Å². The lowest BCUT2D eigenvalue weighted by atomic mass is 10.3. The highest BCUT2D eigenvalue weighted by atomic mass is 32.2. The number of hydrogen-bond donors (Lipinski definition) is 2. The molecule has 15 heteroatoms. The number of methoxy groups -OCH3 is 4. The van der Waals surface area contributed by atoms with Crippen LogP contribution < -0.4 is 29.4 Å². The van der Waals surface area contributed by atoms with Gasteiger partial charge in [-0.05, 0) is 24.3 Å². The van der Waals surface area contributed by atoms with Crippen LogP contribution in [0.4, 0.5) is 5.95 Å². The minimum Gasteiger partial charge on any atom is -0.497 e. The van der Waals surface area contributed by atoms with Gasteiger partial charge in [0.1, 0.15) is 32.8 Å². The molecule has 1 heterocycles. The number of hydrogen-bond acceptors (Lipinski definition) is 11. The molecule has 3 aromatic rings. The van der Waals surface area contributed by atoms with Gasteiger partial charge in [-0.1, -0.05) is 0 Å². The first kappa shape index (κ1) is 25.1. The van der Waals surface area contributed by atoms with Crippen molar-refractivity contribution in [3.8, 4) is 23.0 Å². The van der Waals surface area contributed by atoms with Gasteiger partial charge < -0.3 is 24.7 Å². The highest BCUT2D eigenvalue weighted by Crippen LogP contribution is 2.31. The van der Waals surface area contributed by atoms with Gasteiger partial charge in [0, 0.05) is 12.1 Å². The molecule has 0 bridgehead atoms. The highest BCUT2D eigenvalue weighted by Gasteiger charge is 2.28. The molecular weight excluding hydrogens is 490 g/mol. The maximum Gasteiger partial charge on any atom is 0.290 e. The van der Waals surface area contributed by atoms with Crippen LogP contribution in [0.2, 0.25) is 0 Å². The second-order valence-electron chi connectivity index (χ2n) is 6.59. The number of nitrogens with two attached hydrogens (primary N) is 1. The van der Waals surface area contributed by atoms with Crippen LogP contribution >= 0.6 is 0 Å². The fourth-order valence-electron chi connectivity index (χ4n) is 2.92. The lowest BCUT2D eigenvalue weighted by Crippen LogP contribution is -2.24. The van der Waals surface area contributed by atoms with Crippen LogP contribution in [-0.2, 0) is 26.6 Å². The van der Waals surface area contributed by atoms with E-state index in [0.717, 1.165) is 0 Å². The van der Waals surface area contributed by atoms with Crippen molar-refractivity contribution in [2.24, 2.45) is 0 Å². The lowest BCUT2D eigenvalue weighted by Gasteiger charge is -2.11. The van der Waals surface area contributed by atoms with E-state index < -0.39 is 32.5 Å². The molecule has 0 unspecified atom stereocenters. The molecule has 0 amide bonds. The molecule has 2 aromatic carbocycles. The van der Waals surface area contributed by atoms with Crippen LogP contribution in [0.5, 0.6) is 23.0 Å². The fourth-order valence-corrected chi connectivity index (χ4v) is 5.42. The average Bonchev–Trinajstić information content (AvgIpc) is 3.23. The van der Waals surface area contributed by atoms with Gasteiger partial charge in [0.05, 0.1) is 35.0 Å². The number of nitrogens with zero attached hydrogens (tertiary/aromatic N) is 3. The Balaban J connectivity index is 1.92. The van der Waals surface area contributed by atoms with Gasteiger partial charge in [0.2, 0.25) is 16.0 Å². The van der Waals surface area contributed by atoms with Gasteiger partial charge in [-0.2, -0.15) is 13.4 Å². The molecule has 0 saturated heterocycles. The van der Waals surface area contributed by atoms with Crippen molar-refractivity contribution >= 4 is 26.0 Å². The summed E-state index contributed by atoms with van der Waals surface area (Å²) in [7, 11) is -3.07. The predicted molar refractivity (Wildman–Crippen MR) is 120 cm³/mol. The molecule has 0 aliphatic heterocycles. The van der Waals surface area contributed by atoms with Crippen molar-refractivity contribution in [2.75, 3.05) is 34.2 Å². The van der Waals surface area contributed by atoms with Crippen LogP contribution in [0.25, 0.3) is 0 Å². The Hall–Kier alpha value is -3.56. The van der Waals surface area contributed by atoms with Crippen LogP contribution in [-0.4, -0.2) is 59.4 Å². The Bertz CT molecular complexity index is 1400. The van der Waals surface area contributed by atoms with Gasteiger partial charge in [-0.15, -0.1) is 9.19 Å². The molecule has 0 aliphatic rings. The first-order valence-electron chi connectivity index (χ1n) is 9.48. The van der Waals surface area contributed by atoms with E-state index in [9.17, 15) is 16.8 Å². The monoisotopic (exact) mass is 513 g/mol. The normalized spacial score (nSPS) is 11.8. The minimum atomic E-state index is -4.35. The van der Waals surface area contributed by atoms with Gasteiger partial charge in [0.15, 0.2) is 5.82 Å². The van der Waals surface area contributed by atoms with E-state index in [1.165, 1.54) is 58.8 Å². The van der Waals surface area contributed by atoms with Gasteiger partial charge in [-0.25, -0.2) is 13.1 Å². The molecule has 1 aromatic heterocycles. The molecule has 184 valence electrons. The summed E-state index contributed by atoms with van der Waals surface area (Å²) in [6.07, 6.45) is 0. The number of benzene rings is 2. The SMILES string of the molecule is COc1ccc(OC)c(S(=O)(=O)NCc2nc(N)n(S(=O)(=O)c3cc(OC)ccc3OC)n2)c1. The highest BCUT2D eigenvalue weighted by molar-refractivity contribution is 7.90. The first-order chi connectivity index (χ1) is 16.1. The quantitative estimate of drug-likeness (QED) is 0.389. The molecule has 0 radical (unpaired) electrons. The Morgan fingerprint density at radius 3 is 1.91 bits per heavy atom. The number of sulfonamides is 1. The van der Waals surface area contributed by atoms with E-state index >= 15 is 0 Å². The third-order valence-electron chi connectivity index (χ3n) is 4.60. The van der Waals surface area contributed by atoms with E-state index in [4.69, 9.17) is 24.7 Å². The van der Waals surface area contributed by atoms with Crippen molar-refractivity contribution in [3.05, 3.63) is 42.2 Å². The summed E-state index contributed by atoms with van der Waals surface area (Å²) in [5, 5.41) is 3.88. The zero-order valence-corrected chi connectivity index (χ0v) is 20.3. The standard InChI is InChI=1S/C19H23N5O8S2/c1-29-12-5-7-14(31-3)16(9-12)33(25,26)21-11-18-22-19(20)24(23-18)34(27,28)17-10-13(30-2)6-8-15(17)32-4/h5-10,21H,11H2,1-4H3,(H2,20,22,23). The summed E-state index contributed by atoms with van der Waals surface area (Å²) in [5.74, 6) is 0.0120. The third-order valence-corrected chi connectivity index (χ3v) is 7.62. The summed E-state index contributed by atoms with van der Waals surface area (Å²) in [5.41, 5.74) is 5.79. The summed E-state index contributed by atoms with van der Waals surface area (Å²) in [6, 6.07) is 8.44. The van der Waals surface area contributed by atoms with E-state index in [2.05, 4.69) is 14.8 Å². The molecule has 3 rings (SSSR count). The number of rotatable bonds is 10. The number of nitrogens with one attached hydrogen (secondary N) is 1. The third kappa shape index (κ3) is 4.85. The Labute approximate surface area is 196 Å². The first-order valence-corrected chi connectivity index (χ1v) is 12.4. The Morgan fingerprint density at radius 1 is 0.853 bits per heavy atom. The fraction of sp³-hybridized carbons (Fsp3) is 0.263. The largest absolute Gasteiger partial charge is 0.497 e. The van der Waals surface area contributed by atoms with Crippen LogP contribution in [0.3, 0.4) is 0 Å². The molecule has 0 atom stereocenters. The van der Waals surface area contributed by atoms with Gasteiger partial charge >= 0.3 is 0 Å². The predicted octanol–water partition coefficient (Wildman–Crippen LogP) is 0.610. The summed E-state index contributed by atoms with van der Waals surface area (Å²) >= 11 is 0. The molecule has 13 nitrogen and oxygen atoms in total. The maximum atomic E-state index is 13.2. The van der Waals surface area contributed by atoms with Crippen molar-refractivity contribution in [1.29, 1.82) is 0 Å². The summed E-state index contributed by atoms with van der Waals surface area (Å²) in [6.45, 7) is -0.454. The Morgan fingerprint density at radius 2 is 1.38 bits per heavy atom. The number of ether oxygens (including phenoxy) is 4. The van der Waals surface area contributed by atoms with Gasteiger partial charge in [-0.3, -0.25) is 0 Å². The van der Waals surface area contributed by atoms with Crippen molar-refractivity contribution in [1.82, 2.24) is 18.9 Å². The molecule has 0 aliphatic carbocycles. The maximum absolute atomic E-state index is 13.2. The van der Waals surface area contributed by atoms with E-state index in [1.54, 1.807) is 6.07 Å². The van der Waals surface area contributed by atoms with E-state index in [0.29, 0.717) is 9.84 Å². The smallest absolute Gasteiger partial charge is 0.290 e. The zero-order chi connectivity index (χ0) is 25.1. The molecular formula is C19H23N5O8S2. The number of aromatic nitrogens is 3. The second kappa shape index (κ2) is 9.74. The molecule has 3 N–H and O–H groups in total. The van der Waals surface area contributed by atoms with Crippen LogP contribution in [0.1, 0.15) is 5.82 Å². The van der Waals surface area contributed by atoms with Gasteiger partial charge in [0.25, 0.3) is 10.0 Å².